The number of benzene rings is 1. The fourth-order valence-electron chi connectivity index (χ4n) is 2.75. The van der Waals surface area contributed by atoms with Gasteiger partial charge < -0.3 is 9.47 Å². The number of methoxy groups -OCH3 is 1. The largest absolute Gasteiger partial charge is 0.493 e. The Hall–Kier alpha value is -1.18. The van der Waals surface area contributed by atoms with Gasteiger partial charge in [0.25, 0.3) is 0 Å². The van der Waals surface area contributed by atoms with Crippen molar-refractivity contribution in [3.05, 3.63) is 35.9 Å². The number of nitrogens with two attached hydrogens (primary N) is 1. The molecule has 7 heteroatoms. The summed E-state index contributed by atoms with van der Waals surface area (Å²) in [6.45, 7) is 2.45. The van der Waals surface area contributed by atoms with E-state index in [0.717, 1.165) is 11.3 Å². The SMILES string of the molecule is CCOc1ccc(C(CS(C)(=O)=O)C2C=CC[S+]2N)cc1OC. The molecule has 3 unspecified atom stereocenters. The van der Waals surface area contributed by atoms with Gasteiger partial charge in [-0.2, -0.15) is 5.14 Å². The summed E-state index contributed by atoms with van der Waals surface area (Å²) in [5.74, 6) is 1.97. The molecule has 0 amide bonds. The molecule has 5 nitrogen and oxygen atoms in total. The average molecular weight is 359 g/mol. The first-order valence-electron chi connectivity index (χ1n) is 7.45. The smallest absolute Gasteiger partial charge is 0.163 e. The van der Waals surface area contributed by atoms with Crippen molar-refractivity contribution < 1.29 is 17.9 Å². The molecule has 128 valence electrons. The fraction of sp³-hybridized carbons (Fsp3) is 0.500. The van der Waals surface area contributed by atoms with Crippen LogP contribution in [0.5, 0.6) is 11.5 Å². The van der Waals surface area contributed by atoms with Crippen molar-refractivity contribution in [3.63, 3.8) is 0 Å². The van der Waals surface area contributed by atoms with Gasteiger partial charge in [-0.05, 0) is 36.8 Å². The highest BCUT2D eigenvalue weighted by Gasteiger charge is 2.39. The summed E-state index contributed by atoms with van der Waals surface area (Å²) in [5.41, 5.74) is 0.912. The highest BCUT2D eigenvalue weighted by atomic mass is 32.2. The summed E-state index contributed by atoms with van der Waals surface area (Å²) in [6.07, 6.45) is 5.34. The van der Waals surface area contributed by atoms with E-state index in [4.69, 9.17) is 14.6 Å². The summed E-state index contributed by atoms with van der Waals surface area (Å²) in [6, 6.07) is 5.61. The third-order valence-corrected chi connectivity index (χ3v) is 6.49. The fourth-order valence-corrected chi connectivity index (χ4v) is 5.47. The molecule has 0 spiro atoms. The molecule has 0 saturated heterocycles. The minimum Gasteiger partial charge on any atom is -0.493 e. The van der Waals surface area contributed by atoms with Crippen LogP contribution in [0.4, 0.5) is 0 Å². The third kappa shape index (κ3) is 4.65. The van der Waals surface area contributed by atoms with E-state index in [1.807, 2.05) is 37.3 Å². The quantitative estimate of drug-likeness (QED) is 0.592. The molecule has 1 aliphatic rings. The maximum atomic E-state index is 11.9. The minimum atomic E-state index is -3.13. The summed E-state index contributed by atoms with van der Waals surface area (Å²) in [5, 5.41) is 6.23. The summed E-state index contributed by atoms with van der Waals surface area (Å²) in [4.78, 5) is 0. The number of sulfone groups is 1. The summed E-state index contributed by atoms with van der Waals surface area (Å²) < 4.78 is 34.7. The number of ether oxygens (including phenoxy) is 2. The molecule has 1 aliphatic heterocycles. The molecule has 1 aromatic rings. The van der Waals surface area contributed by atoms with E-state index in [1.54, 1.807) is 7.11 Å². The molecular weight excluding hydrogens is 334 g/mol. The molecular formula is C16H24NO4S2+. The Morgan fingerprint density at radius 1 is 1.39 bits per heavy atom. The molecule has 2 N–H and O–H groups in total. The zero-order valence-corrected chi connectivity index (χ0v) is 15.3. The Balaban J connectivity index is 2.40. The van der Waals surface area contributed by atoms with Crippen LogP contribution in [0.2, 0.25) is 0 Å². The Kier molecular flexibility index (Phi) is 6.00. The molecule has 0 bridgehead atoms. The van der Waals surface area contributed by atoms with Gasteiger partial charge in [-0.25, -0.2) is 8.42 Å². The first-order chi connectivity index (χ1) is 10.9. The Morgan fingerprint density at radius 2 is 2.13 bits per heavy atom. The predicted molar refractivity (Wildman–Crippen MR) is 96.0 cm³/mol. The van der Waals surface area contributed by atoms with Gasteiger partial charge in [-0.3, -0.25) is 0 Å². The van der Waals surface area contributed by atoms with Gasteiger partial charge in [0.05, 0.1) is 36.5 Å². The van der Waals surface area contributed by atoms with Crippen LogP contribution in [-0.4, -0.2) is 45.1 Å². The van der Waals surface area contributed by atoms with E-state index in [9.17, 15) is 8.42 Å². The highest BCUT2D eigenvalue weighted by molar-refractivity contribution is 7.96. The summed E-state index contributed by atoms with van der Waals surface area (Å²) >= 11 is -0.341. The maximum Gasteiger partial charge on any atom is 0.163 e. The van der Waals surface area contributed by atoms with Crippen molar-refractivity contribution in [1.29, 1.82) is 0 Å². The number of hydrogen-bond acceptors (Lipinski definition) is 5. The van der Waals surface area contributed by atoms with Crippen LogP contribution in [0.1, 0.15) is 18.4 Å². The van der Waals surface area contributed by atoms with Crippen molar-refractivity contribution >= 4 is 20.9 Å². The van der Waals surface area contributed by atoms with E-state index < -0.39 is 9.84 Å². The first-order valence-corrected chi connectivity index (χ1v) is 11.0. The van der Waals surface area contributed by atoms with Crippen molar-refractivity contribution in [3.8, 4) is 11.5 Å². The lowest BCUT2D eigenvalue weighted by molar-refractivity contribution is 0.310. The maximum absolute atomic E-state index is 11.9. The number of rotatable bonds is 7. The van der Waals surface area contributed by atoms with Crippen LogP contribution < -0.4 is 14.6 Å². The molecule has 2 rings (SSSR count). The molecule has 23 heavy (non-hydrogen) atoms. The van der Waals surface area contributed by atoms with Crippen molar-refractivity contribution in [2.45, 2.75) is 18.1 Å². The van der Waals surface area contributed by atoms with Gasteiger partial charge in [0.15, 0.2) is 16.7 Å². The van der Waals surface area contributed by atoms with Crippen LogP contribution in [-0.2, 0) is 20.9 Å². The topological polar surface area (TPSA) is 78.6 Å². The van der Waals surface area contributed by atoms with Crippen LogP contribution in [0.15, 0.2) is 30.4 Å². The Morgan fingerprint density at radius 3 is 2.65 bits per heavy atom. The average Bonchev–Trinajstić information content (AvgIpc) is 2.91. The van der Waals surface area contributed by atoms with E-state index in [1.165, 1.54) is 6.26 Å². The standard InChI is InChI=1S/C16H24NO4S2/c1-4-21-14-8-7-12(10-15(14)20-2)13(11-23(3,18)19)16-6-5-9-22(16)17/h5-8,10,13,16H,4,9,11,17H2,1-3H3/q+1. The molecule has 0 saturated carbocycles. The van der Waals surface area contributed by atoms with Gasteiger partial charge in [0.1, 0.15) is 15.6 Å². The van der Waals surface area contributed by atoms with Gasteiger partial charge in [0, 0.05) is 6.26 Å². The van der Waals surface area contributed by atoms with Crippen LogP contribution >= 0.6 is 0 Å². The van der Waals surface area contributed by atoms with Crippen LogP contribution in [0, 0.1) is 0 Å². The van der Waals surface area contributed by atoms with Crippen molar-refractivity contribution in [1.82, 2.24) is 0 Å². The monoisotopic (exact) mass is 358 g/mol. The van der Waals surface area contributed by atoms with Crippen LogP contribution in [0.25, 0.3) is 0 Å². The first kappa shape index (κ1) is 18.2. The molecule has 0 aromatic heterocycles. The zero-order valence-electron chi connectivity index (χ0n) is 13.7. The normalized spacial score (nSPS) is 22.1. The minimum absolute atomic E-state index is 0.0346. The van der Waals surface area contributed by atoms with E-state index in [2.05, 4.69) is 0 Å². The number of hydrogen-bond donors (Lipinski definition) is 1. The lowest BCUT2D eigenvalue weighted by Crippen LogP contribution is -2.34. The highest BCUT2D eigenvalue weighted by Crippen LogP contribution is 2.35. The van der Waals surface area contributed by atoms with E-state index in [0.29, 0.717) is 18.1 Å². The zero-order chi connectivity index (χ0) is 17.0. The lowest BCUT2D eigenvalue weighted by atomic mass is 9.96. The van der Waals surface area contributed by atoms with Crippen molar-refractivity contribution in [2.75, 3.05) is 31.5 Å². The predicted octanol–water partition coefficient (Wildman–Crippen LogP) is 1.65. The molecule has 0 fully saturated rings. The van der Waals surface area contributed by atoms with E-state index in [-0.39, 0.29) is 28.0 Å². The second kappa shape index (κ2) is 7.59. The van der Waals surface area contributed by atoms with Gasteiger partial charge in [-0.1, -0.05) is 6.07 Å². The second-order valence-corrected chi connectivity index (χ2v) is 9.57. The van der Waals surface area contributed by atoms with Crippen LogP contribution in [0.3, 0.4) is 0 Å². The molecule has 0 radical (unpaired) electrons. The molecule has 1 aromatic carbocycles. The Labute approximate surface area is 141 Å². The van der Waals surface area contributed by atoms with Crippen molar-refractivity contribution in [2.24, 2.45) is 5.14 Å². The summed E-state index contributed by atoms with van der Waals surface area (Å²) in [7, 11) is -1.55. The third-order valence-electron chi connectivity index (χ3n) is 3.76. The van der Waals surface area contributed by atoms with Gasteiger partial charge in [-0.15, -0.1) is 0 Å². The van der Waals surface area contributed by atoms with Gasteiger partial charge >= 0.3 is 0 Å². The van der Waals surface area contributed by atoms with E-state index >= 15 is 0 Å². The Bertz CT molecular complexity index is 673. The molecule has 3 atom stereocenters. The molecule has 0 aliphatic carbocycles. The van der Waals surface area contributed by atoms with Gasteiger partial charge in [0.2, 0.25) is 0 Å². The second-order valence-electron chi connectivity index (χ2n) is 5.57. The molecule has 1 heterocycles. The lowest BCUT2D eigenvalue weighted by Gasteiger charge is -2.21.